The third-order valence-corrected chi connectivity index (χ3v) is 1.50. The van der Waals surface area contributed by atoms with Crippen molar-refractivity contribution in [2.24, 2.45) is 0 Å². The molecule has 1 saturated heterocycles. The largest absolute Gasteiger partial charge is 0.302 e. The summed E-state index contributed by atoms with van der Waals surface area (Å²) in [7, 11) is 0. The Morgan fingerprint density at radius 2 is 2.60 bits per heavy atom. The second-order valence-corrected chi connectivity index (χ2v) is 2.48. The molecule has 0 saturated carbocycles. The predicted molar refractivity (Wildman–Crippen MR) is 40.7 cm³/mol. The molecule has 0 amide bonds. The van der Waals surface area contributed by atoms with Gasteiger partial charge in [0.1, 0.15) is 0 Å². The normalized spacial score (nSPS) is 16.0. The summed E-state index contributed by atoms with van der Waals surface area (Å²) in [5.41, 5.74) is 2.72. The van der Waals surface area contributed by atoms with Crippen molar-refractivity contribution in [3.63, 3.8) is 0 Å². The second-order valence-electron chi connectivity index (χ2n) is 1.78. The van der Waals surface area contributed by atoms with Gasteiger partial charge in [-0.1, -0.05) is 0 Å². The van der Waals surface area contributed by atoms with Crippen LogP contribution in [0.5, 0.6) is 0 Å². The van der Waals surface area contributed by atoms with Crippen LogP contribution >= 0.6 is 11.5 Å². The first kappa shape index (κ1) is 7.65. The SMILES string of the molecule is C1CNOC1.c1cnsc1. The second kappa shape index (κ2) is 5.34. The van der Waals surface area contributed by atoms with Gasteiger partial charge in [-0.25, -0.2) is 9.85 Å². The zero-order valence-electron chi connectivity index (χ0n) is 5.62. The van der Waals surface area contributed by atoms with E-state index >= 15 is 0 Å². The molecule has 1 aliphatic heterocycles. The van der Waals surface area contributed by atoms with Crippen LogP contribution in [0.15, 0.2) is 17.6 Å². The van der Waals surface area contributed by atoms with Gasteiger partial charge in [0, 0.05) is 18.1 Å². The van der Waals surface area contributed by atoms with Gasteiger partial charge in [-0.15, -0.1) is 0 Å². The molecule has 0 atom stereocenters. The predicted octanol–water partition coefficient (Wildman–Crippen LogP) is 1.05. The van der Waals surface area contributed by atoms with Gasteiger partial charge < -0.3 is 4.84 Å². The van der Waals surface area contributed by atoms with Crippen LogP contribution in [0, 0.1) is 0 Å². The lowest BCUT2D eigenvalue weighted by atomic mass is 10.5. The highest BCUT2D eigenvalue weighted by molar-refractivity contribution is 7.03. The van der Waals surface area contributed by atoms with E-state index in [1.807, 2.05) is 11.4 Å². The van der Waals surface area contributed by atoms with Crippen LogP contribution in [0.4, 0.5) is 0 Å². The van der Waals surface area contributed by atoms with Crippen molar-refractivity contribution < 1.29 is 4.84 Å². The Kier molecular flexibility index (Phi) is 4.09. The smallest absolute Gasteiger partial charge is 0.0695 e. The van der Waals surface area contributed by atoms with Crippen LogP contribution in [0.25, 0.3) is 0 Å². The minimum absolute atomic E-state index is 0.889. The first-order valence-corrected chi connectivity index (χ1v) is 4.03. The zero-order chi connectivity index (χ0) is 7.07. The van der Waals surface area contributed by atoms with Gasteiger partial charge in [-0.3, -0.25) is 0 Å². The van der Waals surface area contributed by atoms with Crippen LogP contribution in [0.1, 0.15) is 6.42 Å². The first-order valence-electron chi connectivity index (χ1n) is 3.19. The maximum Gasteiger partial charge on any atom is 0.0695 e. The topological polar surface area (TPSA) is 34.1 Å². The molecule has 2 heterocycles. The molecule has 1 aromatic heterocycles. The molecule has 1 aromatic rings. The van der Waals surface area contributed by atoms with E-state index in [-0.39, 0.29) is 0 Å². The van der Waals surface area contributed by atoms with Crippen LogP contribution in [0.2, 0.25) is 0 Å². The average molecular weight is 158 g/mol. The lowest BCUT2D eigenvalue weighted by molar-refractivity contribution is 0.103. The monoisotopic (exact) mass is 158 g/mol. The van der Waals surface area contributed by atoms with E-state index < -0.39 is 0 Å². The molecule has 3 nitrogen and oxygen atoms in total. The summed E-state index contributed by atoms with van der Waals surface area (Å²) < 4.78 is 3.76. The van der Waals surface area contributed by atoms with E-state index in [1.54, 1.807) is 6.20 Å². The minimum atomic E-state index is 0.889. The molecule has 0 aromatic carbocycles. The molecule has 1 N–H and O–H groups in total. The Bertz CT molecular complexity index is 115. The molecule has 0 bridgehead atoms. The van der Waals surface area contributed by atoms with Crippen molar-refractivity contribution in [3.05, 3.63) is 17.6 Å². The molecular formula is C6H10N2OS. The standard InChI is InChI=1S/C3H7NO.C3H3NS/c2*1-2-4-5-3-1/h4H,1-3H2;1-3H. The molecule has 0 unspecified atom stereocenters. The number of nitrogens with zero attached hydrogens (tertiary/aromatic N) is 1. The molecule has 0 spiro atoms. The summed E-state index contributed by atoms with van der Waals surface area (Å²) in [5, 5.41) is 1.93. The van der Waals surface area contributed by atoms with E-state index in [9.17, 15) is 0 Å². The number of hydrogen-bond acceptors (Lipinski definition) is 4. The highest BCUT2D eigenvalue weighted by atomic mass is 32.1. The van der Waals surface area contributed by atoms with Crippen molar-refractivity contribution in [1.29, 1.82) is 0 Å². The third kappa shape index (κ3) is 3.55. The molecule has 0 radical (unpaired) electrons. The summed E-state index contributed by atoms with van der Waals surface area (Å²) in [6.45, 7) is 1.92. The molecule has 1 aliphatic rings. The zero-order valence-corrected chi connectivity index (χ0v) is 6.43. The minimum Gasteiger partial charge on any atom is -0.302 e. The number of hydroxylamine groups is 1. The van der Waals surface area contributed by atoms with Gasteiger partial charge in [-0.05, 0) is 24.0 Å². The Balaban J connectivity index is 0.0000001000. The maximum atomic E-state index is 4.69. The molecule has 0 aliphatic carbocycles. The maximum absolute atomic E-state index is 4.69. The van der Waals surface area contributed by atoms with Crippen molar-refractivity contribution in [2.75, 3.05) is 13.2 Å². The number of aromatic nitrogens is 1. The van der Waals surface area contributed by atoms with Gasteiger partial charge in [0.05, 0.1) is 6.61 Å². The van der Waals surface area contributed by atoms with Crippen LogP contribution in [-0.4, -0.2) is 17.5 Å². The number of rotatable bonds is 0. The summed E-state index contributed by atoms with van der Waals surface area (Å²) in [5.74, 6) is 0. The van der Waals surface area contributed by atoms with Crippen LogP contribution in [0.3, 0.4) is 0 Å². The Morgan fingerprint density at radius 1 is 1.60 bits per heavy atom. The van der Waals surface area contributed by atoms with Gasteiger partial charge in [0.25, 0.3) is 0 Å². The van der Waals surface area contributed by atoms with Gasteiger partial charge in [-0.2, -0.15) is 0 Å². The van der Waals surface area contributed by atoms with Crippen molar-refractivity contribution in [2.45, 2.75) is 6.42 Å². The summed E-state index contributed by atoms with van der Waals surface area (Å²) in [6, 6.07) is 1.91. The lowest BCUT2D eigenvalue weighted by Crippen LogP contribution is -2.01. The number of hydrogen-bond donors (Lipinski definition) is 1. The quantitative estimate of drug-likeness (QED) is 0.613. The van der Waals surface area contributed by atoms with Crippen molar-refractivity contribution >= 4 is 11.5 Å². The Hall–Kier alpha value is -0.450. The van der Waals surface area contributed by atoms with Gasteiger partial charge in [0.2, 0.25) is 0 Å². The summed E-state index contributed by atoms with van der Waals surface area (Å²) >= 11 is 1.46. The van der Waals surface area contributed by atoms with Crippen molar-refractivity contribution in [3.8, 4) is 0 Å². The highest BCUT2D eigenvalue weighted by Gasteiger charge is 1.93. The molecule has 1 fully saturated rings. The highest BCUT2D eigenvalue weighted by Crippen LogP contribution is 1.84. The molecule has 56 valence electrons. The van der Waals surface area contributed by atoms with E-state index in [4.69, 9.17) is 4.84 Å². The van der Waals surface area contributed by atoms with Crippen molar-refractivity contribution in [1.82, 2.24) is 9.85 Å². The average Bonchev–Trinajstić information content (AvgIpc) is 2.67. The fourth-order valence-corrected chi connectivity index (χ4v) is 0.888. The third-order valence-electron chi connectivity index (χ3n) is 0.975. The van der Waals surface area contributed by atoms with E-state index in [0.29, 0.717) is 0 Å². The molecule has 10 heavy (non-hydrogen) atoms. The summed E-state index contributed by atoms with van der Waals surface area (Å²) in [6.07, 6.45) is 2.94. The van der Waals surface area contributed by atoms with Gasteiger partial charge >= 0.3 is 0 Å². The van der Waals surface area contributed by atoms with Crippen LogP contribution < -0.4 is 5.48 Å². The summed E-state index contributed by atoms with van der Waals surface area (Å²) in [4.78, 5) is 4.69. The first-order chi connectivity index (χ1) is 5.00. The van der Waals surface area contributed by atoms with Gasteiger partial charge in [0.15, 0.2) is 0 Å². The fourth-order valence-electron chi connectivity index (χ4n) is 0.537. The molecule has 2 rings (SSSR count). The van der Waals surface area contributed by atoms with Crippen LogP contribution in [-0.2, 0) is 4.84 Å². The fraction of sp³-hybridized carbons (Fsp3) is 0.500. The number of nitrogens with one attached hydrogen (secondary N) is 1. The molecular weight excluding hydrogens is 148 g/mol. The Labute approximate surface area is 64.1 Å². The van der Waals surface area contributed by atoms with E-state index in [2.05, 4.69) is 9.85 Å². The molecule has 4 heteroatoms. The Morgan fingerprint density at radius 3 is 2.80 bits per heavy atom. The lowest BCUT2D eigenvalue weighted by Gasteiger charge is -1.80. The van der Waals surface area contributed by atoms with E-state index in [0.717, 1.165) is 13.2 Å². The van der Waals surface area contributed by atoms with E-state index in [1.165, 1.54) is 18.0 Å².